The highest BCUT2D eigenvalue weighted by Crippen LogP contribution is 2.24. The lowest BCUT2D eigenvalue weighted by atomic mass is 10.2. The van der Waals surface area contributed by atoms with E-state index in [2.05, 4.69) is 5.10 Å². The molecule has 0 amide bonds. The van der Waals surface area contributed by atoms with Gasteiger partial charge in [0.15, 0.2) is 5.82 Å². The van der Waals surface area contributed by atoms with Gasteiger partial charge in [0.05, 0.1) is 16.1 Å². The van der Waals surface area contributed by atoms with Crippen molar-refractivity contribution in [1.82, 2.24) is 9.78 Å². The lowest BCUT2D eigenvalue weighted by Gasteiger charge is -2.03. The summed E-state index contributed by atoms with van der Waals surface area (Å²) in [6.07, 6.45) is 2.48. The fourth-order valence-corrected chi connectivity index (χ4v) is 1.41. The minimum absolute atomic E-state index is 0.233. The lowest BCUT2D eigenvalue weighted by Crippen LogP contribution is -2.02. The maximum Gasteiger partial charge on any atom is 0.307 e. The molecule has 0 saturated heterocycles. The summed E-state index contributed by atoms with van der Waals surface area (Å²) in [6.45, 7) is 0. The van der Waals surface area contributed by atoms with Crippen molar-refractivity contribution in [2.75, 3.05) is 0 Å². The molecule has 0 atom stereocenters. The molecule has 0 unspecified atom stereocenters. The van der Waals surface area contributed by atoms with Gasteiger partial charge in [0.1, 0.15) is 5.69 Å². The van der Waals surface area contributed by atoms with E-state index >= 15 is 0 Å². The summed E-state index contributed by atoms with van der Waals surface area (Å²) >= 11 is 5.58. The van der Waals surface area contributed by atoms with Gasteiger partial charge in [0, 0.05) is 18.3 Å². The molecule has 0 aliphatic carbocycles. The predicted molar refractivity (Wildman–Crippen MR) is 55.1 cm³/mol. The van der Waals surface area contributed by atoms with E-state index in [-0.39, 0.29) is 10.7 Å². The first kappa shape index (κ1) is 11.5. The first-order valence-electron chi connectivity index (χ1n) is 4.33. The van der Waals surface area contributed by atoms with E-state index in [1.54, 1.807) is 0 Å². The van der Waals surface area contributed by atoms with Gasteiger partial charge in [-0.1, -0.05) is 11.6 Å². The SMILES string of the molecule is O=[N+]([O-])c1cc(-n2cc(Cl)cn2)c(F)cc1F. The van der Waals surface area contributed by atoms with Crippen LogP contribution in [-0.4, -0.2) is 14.7 Å². The van der Waals surface area contributed by atoms with Crippen LogP contribution in [-0.2, 0) is 0 Å². The summed E-state index contributed by atoms with van der Waals surface area (Å²) in [6, 6.07) is 1.19. The molecule has 5 nitrogen and oxygen atoms in total. The van der Waals surface area contributed by atoms with Crippen LogP contribution in [0.25, 0.3) is 5.69 Å². The van der Waals surface area contributed by atoms with E-state index < -0.39 is 22.2 Å². The Labute approximate surface area is 98.4 Å². The van der Waals surface area contributed by atoms with Crippen LogP contribution < -0.4 is 0 Å². The van der Waals surface area contributed by atoms with Gasteiger partial charge in [-0.05, 0) is 0 Å². The second-order valence-electron chi connectivity index (χ2n) is 3.12. The number of halogens is 3. The quantitative estimate of drug-likeness (QED) is 0.615. The Morgan fingerprint density at radius 1 is 1.35 bits per heavy atom. The molecule has 0 bridgehead atoms. The van der Waals surface area contributed by atoms with Crippen molar-refractivity contribution < 1.29 is 13.7 Å². The fraction of sp³-hybridized carbons (Fsp3) is 0. The Morgan fingerprint density at radius 3 is 2.59 bits per heavy atom. The van der Waals surface area contributed by atoms with Crippen molar-refractivity contribution in [2.45, 2.75) is 0 Å². The van der Waals surface area contributed by atoms with Crippen LogP contribution >= 0.6 is 11.6 Å². The van der Waals surface area contributed by atoms with E-state index in [1.165, 1.54) is 12.4 Å². The average molecular weight is 260 g/mol. The Hall–Kier alpha value is -2.02. The predicted octanol–water partition coefficient (Wildman–Crippen LogP) is 2.71. The third-order valence-corrected chi connectivity index (χ3v) is 2.21. The van der Waals surface area contributed by atoms with Crippen LogP contribution in [0, 0.1) is 21.7 Å². The average Bonchev–Trinajstić information content (AvgIpc) is 2.64. The zero-order valence-electron chi connectivity index (χ0n) is 8.10. The molecule has 0 radical (unpaired) electrons. The van der Waals surface area contributed by atoms with Crippen molar-refractivity contribution in [1.29, 1.82) is 0 Å². The molecule has 1 aromatic carbocycles. The maximum absolute atomic E-state index is 13.4. The Morgan fingerprint density at radius 2 is 2.06 bits per heavy atom. The lowest BCUT2D eigenvalue weighted by molar-refractivity contribution is -0.387. The molecule has 8 heteroatoms. The van der Waals surface area contributed by atoms with Crippen molar-refractivity contribution in [3.8, 4) is 5.69 Å². The van der Waals surface area contributed by atoms with Gasteiger partial charge in [-0.2, -0.15) is 9.49 Å². The zero-order chi connectivity index (χ0) is 12.6. The van der Waals surface area contributed by atoms with Crippen molar-refractivity contribution in [2.24, 2.45) is 0 Å². The standard InChI is InChI=1S/C9H4ClF2N3O2/c10-5-3-13-14(4-5)8-2-9(15(16)17)7(12)1-6(8)11/h1-4H. The molecule has 0 N–H and O–H groups in total. The molecule has 1 aromatic heterocycles. The third-order valence-electron chi connectivity index (χ3n) is 2.01. The Balaban J connectivity index is 2.62. The van der Waals surface area contributed by atoms with Gasteiger partial charge in [-0.15, -0.1) is 0 Å². The summed E-state index contributed by atoms with van der Waals surface area (Å²) in [5.41, 5.74) is -1.07. The van der Waals surface area contributed by atoms with E-state index in [9.17, 15) is 18.9 Å². The third kappa shape index (κ3) is 2.09. The first-order chi connectivity index (χ1) is 7.99. The number of nitro benzene ring substituents is 1. The van der Waals surface area contributed by atoms with Gasteiger partial charge < -0.3 is 0 Å². The number of nitro groups is 1. The van der Waals surface area contributed by atoms with Crippen molar-refractivity contribution in [3.63, 3.8) is 0 Å². The van der Waals surface area contributed by atoms with Crippen molar-refractivity contribution >= 4 is 17.3 Å². The summed E-state index contributed by atoms with van der Waals surface area (Å²) in [7, 11) is 0. The molecule has 17 heavy (non-hydrogen) atoms. The van der Waals surface area contributed by atoms with Crippen LogP contribution in [0.3, 0.4) is 0 Å². The topological polar surface area (TPSA) is 61.0 Å². The Kier molecular flexibility index (Phi) is 2.76. The minimum Gasteiger partial charge on any atom is -0.258 e. The van der Waals surface area contributed by atoms with Crippen LogP contribution in [0.15, 0.2) is 24.5 Å². The molecule has 0 aliphatic heterocycles. The van der Waals surface area contributed by atoms with Crippen molar-refractivity contribution in [3.05, 3.63) is 51.3 Å². The van der Waals surface area contributed by atoms with Crippen LogP contribution in [0.1, 0.15) is 0 Å². The number of nitrogens with zero attached hydrogens (tertiary/aromatic N) is 3. The largest absolute Gasteiger partial charge is 0.307 e. The zero-order valence-corrected chi connectivity index (χ0v) is 8.86. The fourth-order valence-electron chi connectivity index (χ4n) is 1.27. The van der Waals surface area contributed by atoms with Gasteiger partial charge >= 0.3 is 5.69 Å². The highest BCUT2D eigenvalue weighted by atomic mass is 35.5. The molecule has 2 rings (SSSR count). The second kappa shape index (κ2) is 4.10. The number of benzene rings is 1. The molecular formula is C9H4ClF2N3O2. The highest BCUT2D eigenvalue weighted by molar-refractivity contribution is 6.30. The maximum atomic E-state index is 13.4. The van der Waals surface area contributed by atoms with Gasteiger partial charge in [-0.3, -0.25) is 10.1 Å². The van der Waals surface area contributed by atoms with E-state index in [1.807, 2.05) is 0 Å². The molecule has 0 saturated carbocycles. The normalized spacial score (nSPS) is 10.5. The summed E-state index contributed by atoms with van der Waals surface area (Å²) in [4.78, 5) is 9.57. The highest BCUT2D eigenvalue weighted by Gasteiger charge is 2.19. The van der Waals surface area contributed by atoms with E-state index in [4.69, 9.17) is 11.6 Å². The monoisotopic (exact) mass is 259 g/mol. The second-order valence-corrected chi connectivity index (χ2v) is 3.55. The molecule has 0 spiro atoms. The van der Waals surface area contributed by atoms with Crippen LogP contribution in [0.5, 0.6) is 0 Å². The van der Waals surface area contributed by atoms with Gasteiger partial charge in [0.25, 0.3) is 0 Å². The minimum atomic E-state index is -1.24. The van der Waals surface area contributed by atoms with Crippen LogP contribution in [0.2, 0.25) is 5.02 Å². The summed E-state index contributed by atoms with van der Waals surface area (Å²) < 4.78 is 27.5. The molecule has 2 aromatic rings. The summed E-state index contributed by atoms with van der Waals surface area (Å²) in [5, 5.41) is 14.4. The smallest absolute Gasteiger partial charge is 0.258 e. The Bertz CT molecular complexity index is 600. The molecular weight excluding hydrogens is 256 g/mol. The first-order valence-corrected chi connectivity index (χ1v) is 4.71. The molecule has 1 heterocycles. The van der Waals surface area contributed by atoms with E-state index in [0.29, 0.717) is 6.07 Å². The molecule has 0 fully saturated rings. The number of rotatable bonds is 2. The number of hydrogen-bond acceptors (Lipinski definition) is 3. The van der Waals surface area contributed by atoms with E-state index in [0.717, 1.165) is 10.7 Å². The van der Waals surface area contributed by atoms with Crippen LogP contribution in [0.4, 0.5) is 14.5 Å². The van der Waals surface area contributed by atoms with Gasteiger partial charge in [0.2, 0.25) is 5.82 Å². The molecule has 0 aliphatic rings. The van der Waals surface area contributed by atoms with Gasteiger partial charge in [-0.25, -0.2) is 9.07 Å². The number of hydrogen-bond donors (Lipinski definition) is 0. The molecule has 88 valence electrons. The summed E-state index contributed by atoms with van der Waals surface area (Å²) in [5.74, 6) is -2.21. The number of aromatic nitrogens is 2.